The maximum Gasteiger partial charge on any atom is 0.416 e. The van der Waals surface area contributed by atoms with Crippen molar-refractivity contribution in [1.82, 2.24) is 10.3 Å². The number of aromatic nitrogens is 1. The summed E-state index contributed by atoms with van der Waals surface area (Å²) < 4.78 is 37.8. The molecule has 1 aromatic heterocycles. The predicted octanol–water partition coefficient (Wildman–Crippen LogP) is 3.96. The average molecular weight is 383 g/mol. The first kappa shape index (κ1) is 18.8. The van der Waals surface area contributed by atoms with Crippen LogP contribution in [0.3, 0.4) is 0 Å². The Hall–Kier alpha value is -1.93. The molecule has 3 N–H and O–H groups in total. The van der Waals surface area contributed by atoms with Gasteiger partial charge in [-0.3, -0.25) is 4.79 Å². The number of nitrogens with two attached hydrogens (primary N) is 1. The first-order valence-corrected chi connectivity index (χ1v) is 9.35. The van der Waals surface area contributed by atoms with Crippen molar-refractivity contribution in [2.75, 3.05) is 0 Å². The van der Waals surface area contributed by atoms with Gasteiger partial charge in [0, 0.05) is 23.4 Å². The number of rotatable bonds is 5. The number of carbonyl (C=O) groups is 1. The van der Waals surface area contributed by atoms with E-state index >= 15 is 0 Å². The van der Waals surface area contributed by atoms with Crippen LogP contribution in [-0.2, 0) is 17.5 Å². The van der Waals surface area contributed by atoms with E-state index in [1.807, 2.05) is 0 Å². The molecular formula is C18H20F3N3OS. The molecule has 1 fully saturated rings. The summed E-state index contributed by atoms with van der Waals surface area (Å²) in [5.74, 6) is 0.199. The van der Waals surface area contributed by atoms with Crippen molar-refractivity contribution in [3.05, 3.63) is 40.9 Å². The topological polar surface area (TPSA) is 68.0 Å². The van der Waals surface area contributed by atoms with Gasteiger partial charge in [-0.05, 0) is 30.9 Å². The molecule has 8 heteroatoms. The highest BCUT2D eigenvalue weighted by Gasteiger charge is 2.30. The molecule has 140 valence electrons. The highest BCUT2D eigenvalue weighted by Crippen LogP contribution is 2.32. The number of hydrogen-bond acceptors (Lipinski definition) is 4. The van der Waals surface area contributed by atoms with E-state index in [1.54, 1.807) is 5.38 Å². The maximum atomic E-state index is 12.6. The van der Waals surface area contributed by atoms with Crippen LogP contribution < -0.4 is 11.1 Å². The zero-order chi connectivity index (χ0) is 18.7. The fraction of sp³-hybridized carbons (Fsp3) is 0.444. The minimum absolute atomic E-state index is 0.0450. The van der Waals surface area contributed by atoms with Crippen molar-refractivity contribution >= 4 is 17.2 Å². The zero-order valence-electron chi connectivity index (χ0n) is 14.1. The van der Waals surface area contributed by atoms with Crippen LogP contribution in [0.4, 0.5) is 13.2 Å². The summed E-state index contributed by atoms with van der Waals surface area (Å²) >= 11 is 1.34. The summed E-state index contributed by atoms with van der Waals surface area (Å²) in [6.07, 6.45) is -0.888. The van der Waals surface area contributed by atoms with E-state index in [-0.39, 0.29) is 17.9 Å². The maximum absolute atomic E-state index is 12.6. The number of alkyl halides is 3. The number of nitrogens with zero attached hydrogens (tertiary/aromatic N) is 1. The largest absolute Gasteiger partial charge is 0.416 e. The van der Waals surface area contributed by atoms with Crippen LogP contribution in [0.2, 0.25) is 0 Å². The number of benzene rings is 1. The Labute approximate surface area is 153 Å². The predicted molar refractivity (Wildman–Crippen MR) is 94.3 cm³/mol. The highest BCUT2D eigenvalue weighted by atomic mass is 32.1. The molecule has 1 aromatic carbocycles. The average Bonchev–Trinajstić information content (AvgIpc) is 3.22. The van der Waals surface area contributed by atoms with E-state index in [9.17, 15) is 18.0 Å². The van der Waals surface area contributed by atoms with Crippen molar-refractivity contribution in [2.45, 2.75) is 44.4 Å². The summed E-state index contributed by atoms with van der Waals surface area (Å²) in [5.41, 5.74) is 6.61. The minimum atomic E-state index is -4.35. The summed E-state index contributed by atoms with van der Waals surface area (Å²) in [6, 6.07) is 5.01. The molecule has 3 rings (SSSR count). The molecule has 1 aliphatic carbocycles. The van der Waals surface area contributed by atoms with Gasteiger partial charge in [-0.1, -0.05) is 18.6 Å². The van der Waals surface area contributed by atoms with Gasteiger partial charge in [0.25, 0.3) is 0 Å². The van der Waals surface area contributed by atoms with E-state index in [1.165, 1.54) is 23.5 Å². The molecule has 1 saturated carbocycles. The number of hydrogen-bond donors (Lipinski definition) is 2. The van der Waals surface area contributed by atoms with Gasteiger partial charge in [-0.2, -0.15) is 13.2 Å². The van der Waals surface area contributed by atoms with E-state index in [4.69, 9.17) is 5.73 Å². The van der Waals surface area contributed by atoms with Crippen molar-refractivity contribution in [2.24, 2.45) is 11.7 Å². The summed E-state index contributed by atoms with van der Waals surface area (Å²) in [7, 11) is 0. The van der Waals surface area contributed by atoms with Gasteiger partial charge in [0.2, 0.25) is 5.91 Å². The van der Waals surface area contributed by atoms with Gasteiger partial charge in [0.15, 0.2) is 0 Å². The Bertz CT molecular complexity index is 758. The van der Waals surface area contributed by atoms with Gasteiger partial charge < -0.3 is 11.1 Å². The lowest BCUT2D eigenvalue weighted by Crippen LogP contribution is -2.31. The molecule has 2 atom stereocenters. The third kappa shape index (κ3) is 4.62. The lowest BCUT2D eigenvalue weighted by atomic mass is 10.00. The van der Waals surface area contributed by atoms with Crippen LogP contribution in [-0.4, -0.2) is 16.9 Å². The Balaban J connectivity index is 1.55. The molecule has 0 unspecified atom stereocenters. The fourth-order valence-corrected chi connectivity index (χ4v) is 3.97. The summed E-state index contributed by atoms with van der Waals surface area (Å²) in [5, 5.41) is 5.27. The van der Waals surface area contributed by atoms with Crippen LogP contribution >= 0.6 is 11.3 Å². The quantitative estimate of drug-likeness (QED) is 0.821. The van der Waals surface area contributed by atoms with Crippen LogP contribution in [0.15, 0.2) is 29.6 Å². The van der Waals surface area contributed by atoms with E-state index in [2.05, 4.69) is 10.3 Å². The number of halogens is 3. The third-order valence-corrected chi connectivity index (χ3v) is 5.58. The second-order valence-electron chi connectivity index (χ2n) is 6.55. The zero-order valence-corrected chi connectivity index (χ0v) is 14.9. The van der Waals surface area contributed by atoms with E-state index in [0.717, 1.165) is 31.4 Å². The smallest absolute Gasteiger partial charge is 0.350 e. The molecule has 1 heterocycles. The van der Waals surface area contributed by atoms with E-state index in [0.29, 0.717) is 29.2 Å². The summed E-state index contributed by atoms with van der Waals surface area (Å²) in [4.78, 5) is 16.4. The normalized spacial score (nSPS) is 20.3. The molecule has 0 spiro atoms. The molecule has 0 saturated heterocycles. The van der Waals surface area contributed by atoms with E-state index < -0.39 is 11.7 Å². The lowest BCUT2D eigenvalue weighted by molar-refractivity contribution is -0.137. The van der Waals surface area contributed by atoms with Gasteiger partial charge in [-0.15, -0.1) is 11.3 Å². The number of carbonyl (C=O) groups excluding carboxylic acids is 1. The standard InChI is InChI=1S/C18H20F3N3OS/c19-18(20,21)13-6-4-11(5-7-13)17-24-14(10-26-17)9-23-16(25)8-12-2-1-3-15(12)22/h4-7,10,12,15H,1-3,8-9,22H2,(H,23,25)/t12-,15+/m0/s1. The molecule has 1 amide bonds. The Kier molecular flexibility index (Phi) is 5.62. The van der Waals surface area contributed by atoms with Gasteiger partial charge in [0.1, 0.15) is 5.01 Å². The van der Waals surface area contributed by atoms with Crippen molar-refractivity contribution in [3.8, 4) is 10.6 Å². The van der Waals surface area contributed by atoms with Gasteiger partial charge in [-0.25, -0.2) is 4.98 Å². The molecule has 0 bridgehead atoms. The van der Waals surface area contributed by atoms with Crippen molar-refractivity contribution < 1.29 is 18.0 Å². The fourth-order valence-electron chi connectivity index (χ4n) is 3.14. The third-order valence-electron chi connectivity index (χ3n) is 4.64. The first-order valence-electron chi connectivity index (χ1n) is 8.47. The highest BCUT2D eigenvalue weighted by molar-refractivity contribution is 7.13. The second-order valence-corrected chi connectivity index (χ2v) is 7.41. The molecule has 1 aliphatic rings. The monoisotopic (exact) mass is 383 g/mol. The molecule has 0 radical (unpaired) electrons. The number of amides is 1. The molecular weight excluding hydrogens is 363 g/mol. The van der Waals surface area contributed by atoms with Crippen molar-refractivity contribution in [1.29, 1.82) is 0 Å². The van der Waals surface area contributed by atoms with Gasteiger partial charge >= 0.3 is 6.18 Å². The Morgan fingerprint density at radius 3 is 2.62 bits per heavy atom. The van der Waals surface area contributed by atoms with Gasteiger partial charge in [0.05, 0.1) is 17.8 Å². The number of thiazole rings is 1. The molecule has 0 aliphatic heterocycles. The lowest BCUT2D eigenvalue weighted by Gasteiger charge is -2.14. The van der Waals surface area contributed by atoms with Crippen molar-refractivity contribution in [3.63, 3.8) is 0 Å². The molecule has 26 heavy (non-hydrogen) atoms. The molecule has 2 aromatic rings. The number of nitrogens with one attached hydrogen (secondary N) is 1. The Morgan fingerprint density at radius 2 is 2.00 bits per heavy atom. The van der Waals surface area contributed by atoms with Crippen LogP contribution in [0.1, 0.15) is 36.9 Å². The summed E-state index contributed by atoms with van der Waals surface area (Å²) in [6.45, 7) is 0.303. The van der Waals surface area contributed by atoms with Crippen LogP contribution in [0.5, 0.6) is 0 Å². The first-order chi connectivity index (χ1) is 12.3. The Morgan fingerprint density at radius 1 is 1.27 bits per heavy atom. The van der Waals surface area contributed by atoms with Crippen LogP contribution in [0.25, 0.3) is 10.6 Å². The molecule has 4 nitrogen and oxygen atoms in total. The SMILES string of the molecule is N[C@@H]1CCC[C@H]1CC(=O)NCc1csc(-c2ccc(C(F)(F)F)cc2)n1. The minimum Gasteiger partial charge on any atom is -0.350 e. The van der Waals surface area contributed by atoms with Crippen LogP contribution in [0, 0.1) is 5.92 Å². The second kappa shape index (κ2) is 7.75.